The second-order valence-corrected chi connectivity index (χ2v) is 7.74. The van der Waals surface area contributed by atoms with E-state index in [2.05, 4.69) is 10.3 Å². The minimum absolute atomic E-state index is 0.0346. The number of rotatable bonds is 4. The summed E-state index contributed by atoms with van der Waals surface area (Å²) in [7, 11) is 0. The van der Waals surface area contributed by atoms with Crippen molar-refractivity contribution in [3.63, 3.8) is 0 Å². The molecule has 4 rings (SSSR count). The molecule has 2 N–H and O–H groups in total. The third kappa shape index (κ3) is 2.66. The summed E-state index contributed by atoms with van der Waals surface area (Å²) in [4.78, 5) is 30.8. The van der Waals surface area contributed by atoms with Crippen LogP contribution in [0.1, 0.15) is 34.1 Å². The van der Waals surface area contributed by atoms with Crippen molar-refractivity contribution in [2.24, 2.45) is 5.92 Å². The van der Waals surface area contributed by atoms with Crippen molar-refractivity contribution >= 4 is 33.5 Å². The minimum atomic E-state index is -0.423. The van der Waals surface area contributed by atoms with Crippen LogP contribution in [-0.4, -0.2) is 26.5 Å². The van der Waals surface area contributed by atoms with E-state index < -0.39 is 5.91 Å². The normalized spacial score (nSPS) is 21.4. The van der Waals surface area contributed by atoms with Gasteiger partial charge in [0.15, 0.2) is 4.96 Å². The zero-order chi connectivity index (χ0) is 16.7. The summed E-state index contributed by atoms with van der Waals surface area (Å²) in [5.41, 5.74) is -0.329. The molecule has 0 aliphatic heterocycles. The molecule has 124 valence electrons. The first-order chi connectivity index (χ1) is 11.6. The molecule has 1 aliphatic rings. The molecule has 0 unspecified atom stereocenters. The number of aliphatic hydroxyl groups is 1. The first-order valence-corrected chi connectivity index (χ1v) is 9.36. The number of nitrogens with zero attached hydrogens (tertiary/aromatic N) is 2. The number of thiophene rings is 1. The SMILES string of the molecule is O=C(N[C@@H](c1cccs1)C1CC(O)C1)c1cnc2sccn2c1=O. The smallest absolute Gasteiger partial charge is 0.271 e. The molecule has 3 aromatic rings. The first kappa shape index (κ1) is 15.5. The van der Waals surface area contributed by atoms with Crippen LogP contribution in [0, 0.1) is 5.92 Å². The largest absolute Gasteiger partial charge is 0.393 e. The van der Waals surface area contributed by atoms with Crippen molar-refractivity contribution in [3.8, 4) is 0 Å². The Morgan fingerprint density at radius 1 is 1.38 bits per heavy atom. The predicted molar refractivity (Wildman–Crippen MR) is 92.6 cm³/mol. The highest BCUT2D eigenvalue weighted by Gasteiger charge is 2.36. The van der Waals surface area contributed by atoms with E-state index >= 15 is 0 Å². The summed E-state index contributed by atoms with van der Waals surface area (Å²) in [5.74, 6) is -0.240. The Balaban J connectivity index is 1.62. The van der Waals surface area contributed by atoms with Crippen molar-refractivity contribution in [2.45, 2.75) is 25.0 Å². The maximum absolute atomic E-state index is 12.6. The van der Waals surface area contributed by atoms with Gasteiger partial charge in [0, 0.05) is 22.7 Å². The molecule has 3 aromatic heterocycles. The number of fused-ring (bicyclic) bond motifs is 1. The topological polar surface area (TPSA) is 83.7 Å². The van der Waals surface area contributed by atoms with Crippen molar-refractivity contribution in [1.82, 2.24) is 14.7 Å². The van der Waals surface area contributed by atoms with Crippen molar-refractivity contribution in [1.29, 1.82) is 0 Å². The van der Waals surface area contributed by atoms with E-state index in [0.717, 1.165) is 4.88 Å². The third-order valence-electron chi connectivity index (χ3n) is 4.34. The van der Waals surface area contributed by atoms with E-state index in [-0.39, 0.29) is 29.2 Å². The molecule has 1 atom stereocenters. The zero-order valence-electron chi connectivity index (χ0n) is 12.6. The second kappa shape index (κ2) is 6.12. The Hall–Kier alpha value is -2.03. The standard InChI is InChI=1S/C16H15N3O3S2/c20-10-6-9(7-10)13(12-2-1-4-23-12)18-14(21)11-8-17-16-19(15(11)22)3-5-24-16/h1-5,8-10,13,20H,6-7H2,(H,18,21)/t9?,10?,13-/m1/s1. The Morgan fingerprint density at radius 3 is 2.92 bits per heavy atom. The molecule has 0 spiro atoms. The number of aromatic nitrogens is 2. The summed E-state index contributed by atoms with van der Waals surface area (Å²) < 4.78 is 1.38. The predicted octanol–water partition coefficient (Wildman–Crippen LogP) is 2.06. The Kier molecular flexibility index (Phi) is 3.95. The molecule has 0 aromatic carbocycles. The lowest BCUT2D eigenvalue weighted by Crippen LogP contribution is -2.42. The lowest BCUT2D eigenvalue weighted by Gasteiger charge is -2.37. The number of carbonyl (C=O) groups excluding carboxylic acids is 1. The molecule has 24 heavy (non-hydrogen) atoms. The Labute approximate surface area is 145 Å². The highest BCUT2D eigenvalue weighted by molar-refractivity contribution is 7.15. The molecule has 1 aliphatic carbocycles. The fourth-order valence-electron chi connectivity index (χ4n) is 2.99. The average Bonchev–Trinajstić information content (AvgIpc) is 3.21. The van der Waals surface area contributed by atoms with Gasteiger partial charge in [0.2, 0.25) is 0 Å². The van der Waals surface area contributed by atoms with Crippen LogP contribution in [0.25, 0.3) is 4.96 Å². The molecular weight excluding hydrogens is 346 g/mol. The lowest BCUT2D eigenvalue weighted by atomic mass is 9.76. The van der Waals surface area contributed by atoms with Gasteiger partial charge in [-0.1, -0.05) is 6.07 Å². The number of nitrogens with one attached hydrogen (secondary N) is 1. The van der Waals surface area contributed by atoms with Gasteiger partial charge in [-0.05, 0) is 30.2 Å². The number of aliphatic hydroxyl groups excluding tert-OH is 1. The van der Waals surface area contributed by atoms with Gasteiger partial charge in [0.05, 0.1) is 12.1 Å². The quantitative estimate of drug-likeness (QED) is 0.745. The maximum Gasteiger partial charge on any atom is 0.271 e. The Bertz CT molecular complexity index is 926. The first-order valence-electron chi connectivity index (χ1n) is 7.60. The average molecular weight is 361 g/mol. The molecule has 1 saturated carbocycles. The number of thiazole rings is 1. The molecule has 8 heteroatoms. The number of carbonyl (C=O) groups is 1. The van der Waals surface area contributed by atoms with Gasteiger partial charge < -0.3 is 10.4 Å². The van der Waals surface area contributed by atoms with Gasteiger partial charge in [-0.25, -0.2) is 4.98 Å². The van der Waals surface area contributed by atoms with Crippen molar-refractivity contribution in [3.05, 3.63) is 56.1 Å². The molecule has 0 bridgehead atoms. The van der Waals surface area contributed by atoms with E-state index in [1.807, 2.05) is 17.5 Å². The fourth-order valence-corrected chi connectivity index (χ4v) is 4.54. The van der Waals surface area contributed by atoms with Crippen LogP contribution in [0.5, 0.6) is 0 Å². The maximum atomic E-state index is 12.6. The summed E-state index contributed by atoms with van der Waals surface area (Å²) >= 11 is 2.91. The number of amides is 1. The van der Waals surface area contributed by atoms with Gasteiger partial charge in [0.25, 0.3) is 11.5 Å². The van der Waals surface area contributed by atoms with Crippen LogP contribution < -0.4 is 10.9 Å². The molecule has 1 fully saturated rings. The van der Waals surface area contributed by atoms with Gasteiger partial charge >= 0.3 is 0 Å². The summed E-state index contributed by atoms with van der Waals surface area (Å²) in [6.45, 7) is 0. The zero-order valence-corrected chi connectivity index (χ0v) is 14.2. The van der Waals surface area contributed by atoms with E-state index in [0.29, 0.717) is 17.8 Å². The molecule has 6 nitrogen and oxygen atoms in total. The van der Waals surface area contributed by atoms with Crippen LogP contribution in [0.3, 0.4) is 0 Å². The van der Waals surface area contributed by atoms with Crippen LogP contribution >= 0.6 is 22.7 Å². The summed E-state index contributed by atoms with van der Waals surface area (Å²) in [5, 5.41) is 16.3. The van der Waals surface area contributed by atoms with Gasteiger partial charge in [-0.15, -0.1) is 22.7 Å². The summed E-state index contributed by atoms with van der Waals surface area (Å²) in [6, 6.07) is 3.71. The summed E-state index contributed by atoms with van der Waals surface area (Å²) in [6.07, 6.45) is 3.96. The lowest BCUT2D eigenvalue weighted by molar-refractivity contribution is 0.0241. The molecule has 3 heterocycles. The van der Waals surface area contributed by atoms with Crippen LogP contribution in [0.15, 0.2) is 40.1 Å². The third-order valence-corrected chi connectivity index (χ3v) is 6.07. The van der Waals surface area contributed by atoms with Crippen LogP contribution in [0.2, 0.25) is 0 Å². The highest BCUT2D eigenvalue weighted by Crippen LogP contribution is 2.39. The molecule has 0 radical (unpaired) electrons. The van der Waals surface area contributed by atoms with E-state index in [4.69, 9.17) is 0 Å². The molecule has 1 amide bonds. The molecule has 0 saturated heterocycles. The monoisotopic (exact) mass is 361 g/mol. The molecular formula is C16H15N3O3S2. The van der Waals surface area contributed by atoms with E-state index in [1.165, 1.54) is 21.9 Å². The van der Waals surface area contributed by atoms with Gasteiger partial charge in [-0.2, -0.15) is 0 Å². The van der Waals surface area contributed by atoms with Gasteiger partial charge in [0.1, 0.15) is 5.56 Å². The Morgan fingerprint density at radius 2 is 2.21 bits per heavy atom. The van der Waals surface area contributed by atoms with Gasteiger partial charge in [-0.3, -0.25) is 14.0 Å². The second-order valence-electron chi connectivity index (χ2n) is 5.88. The minimum Gasteiger partial charge on any atom is -0.393 e. The number of hydrogen-bond acceptors (Lipinski definition) is 6. The van der Waals surface area contributed by atoms with Crippen molar-refractivity contribution < 1.29 is 9.90 Å². The van der Waals surface area contributed by atoms with Crippen LogP contribution in [-0.2, 0) is 0 Å². The van der Waals surface area contributed by atoms with Crippen molar-refractivity contribution in [2.75, 3.05) is 0 Å². The van der Waals surface area contributed by atoms with E-state index in [1.54, 1.807) is 22.9 Å². The van der Waals surface area contributed by atoms with Crippen LogP contribution in [0.4, 0.5) is 0 Å². The fraction of sp³-hybridized carbons (Fsp3) is 0.312. The van der Waals surface area contributed by atoms with E-state index in [9.17, 15) is 14.7 Å². The number of hydrogen-bond donors (Lipinski definition) is 2. The highest BCUT2D eigenvalue weighted by atomic mass is 32.1.